The van der Waals surface area contributed by atoms with E-state index in [1.807, 2.05) is 36.4 Å². The quantitative estimate of drug-likeness (QED) is 0.0731. The van der Waals surface area contributed by atoms with Gasteiger partial charge < -0.3 is 44.4 Å². The minimum Gasteiger partial charge on any atom is -0.466 e. The van der Waals surface area contributed by atoms with E-state index < -0.39 is 71.2 Å². The Morgan fingerprint density at radius 2 is 1.03 bits per heavy atom. The first-order valence-electron chi connectivity index (χ1n) is 21.1. The van der Waals surface area contributed by atoms with Crippen LogP contribution in [0.3, 0.4) is 0 Å². The van der Waals surface area contributed by atoms with Crippen LogP contribution in [0.1, 0.15) is 126 Å². The van der Waals surface area contributed by atoms with Gasteiger partial charge in [0.05, 0.1) is 31.8 Å². The standard InChI is InChI=1S/C33H44N2O8S.C13H23NO5.CH4/c1-6-41-30(38)25(24-16-12-9-13-17-24)20-28(36)27(22-44-21-23-14-10-8-11-15-23)34-29(37)19-18-26(31(39)42-7-2)35-32(40)43-33(3,4)5;1-6-18-11(16)10(8-7-9(2)15)14-12(17)19-13(3,4)5;/h8-17,25-27H,6-7,18-22H2,1-5H3,(H,34,37)(H,35,40);10H,6-8H2,1-5H3,(H,14,17);1H4/t25-,26+,27+;10-;/m10./s1. The molecule has 0 fully saturated rings. The number of amides is 3. The van der Waals surface area contributed by atoms with Crippen LogP contribution >= 0.6 is 11.8 Å². The van der Waals surface area contributed by atoms with E-state index in [1.165, 1.54) is 18.7 Å². The van der Waals surface area contributed by atoms with Crippen molar-refractivity contribution in [3.05, 3.63) is 71.8 Å². The second kappa shape index (κ2) is 30.6. The van der Waals surface area contributed by atoms with Crippen LogP contribution in [0.15, 0.2) is 60.7 Å². The van der Waals surface area contributed by atoms with Crippen LogP contribution in [0.2, 0.25) is 0 Å². The van der Waals surface area contributed by atoms with E-state index in [0.717, 1.165) is 5.56 Å². The Balaban J connectivity index is 0.00000167. The first-order valence-corrected chi connectivity index (χ1v) is 22.2. The number of ketones is 2. The Labute approximate surface area is 383 Å². The van der Waals surface area contributed by atoms with Gasteiger partial charge in [0.25, 0.3) is 0 Å². The van der Waals surface area contributed by atoms with Gasteiger partial charge >= 0.3 is 30.1 Å². The lowest BCUT2D eigenvalue weighted by molar-refractivity contribution is -0.147. The zero-order chi connectivity index (χ0) is 47.6. The first kappa shape index (κ1) is 58.6. The summed E-state index contributed by atoms with van der Waals surface area (Å²) >= 11 is 1.48. The Morgan fingerprint density at radius 1 is 0.594 bits per heavy atom. The predicted molar refractivity (Wildman–Crippen MR) is 245 cm³/mol. The molecule has 0 aliphatic rings. The van der Waals surface area contributed by atoms with Crippen molar-refractivity contribution in [2.24, 2.45) is 0 Å². The molecule has 0 aliphatic heterocycles. The van der Waals surface area contributed by atoms with Crippen LogP contribution in [-0.2, 0) is 58.2 Å². The highest BCUT2D eigenvalue weighted by atomic mass is 32.2. The van der Waals surface area contributed by atoms with Gasteiger partial charge in [0.1, 0.15) is 29.1 Å². The third-order valence-corrected chi connectivity index (χ3v) is 9.37. The van der Waals surface area contributed by atoms with Crippen LogP contribution in [0.4, 0.5) is 9.59 Å². The van der Waals surface area contributed by atoms with Gasteiger partial charge in [-0.05, 0) is 93.2 Å². The number of nitrogens with one attached hydrogen (secondary N) is 3. The zero-order valence-electron chi connectivity index (χ0n) is 38.4. The van der Waals surface area contributed by atoms with Gasteiger partial charge in [-0.25, -0.2) is 19.2 Å². The van der Waals surface area contributed by atoms with Crippen LogP contribution in [0, 0.1) is 0 Å². The smallest absolute Gasteiger partial charge is 0.408 e. The molecule has 2 aromatic carbocycles. The molecule has 0 heterocycles. The molecule has 358 valence electrons. The van der Waals surface area contributed by atoms with Gasteiger partial charge in [0, 0.05) is 30.8 Å². The SMILES string of the molecule is C.CCOC(=O)[C@H](CCC(=O)N[C@@H](CSCc1ccccc1)C(=O)C[C@@H](C(=O)OCC)c1ccccc1)NC(=O)OC(C)(C)C.CCOC(=O)[C@H](CCC(C)=O)NC(=O)OC(C)(C)C. The summed E-state index contributed by atoms with van der Waals surface area (Å²) in [5.74, 6) is -2.59. The lowest BCUT2D eigenvalue weighted by Crippen LogP contribution is -2.46. The van der Waals surface area contributed by atoms with Crippen LogP contribution in [0.5, 0.6) is 0 Å². The zero-order valence-corrected chi connectivity index (χ0v) is 39.2. The molecule has 0 saturated carbocycles. The third kappa shape index (κ3) is 26.2. The summed E-state index contributed by atoms with van der Waals surface area (Å²) in [5, 5.41) is 7.69. The molecule has 4 atom stereocenters. The van der Waals surface area contributed by atoms with Gasteiger partial charge in [-0.2, -0.15) is 11.8 Å². The molecule has 0 bridgehead atoms. The number of hydrogen-bond donors (Lipinski definition) is 3. The second-order valence-corrected chi connectivity index (χ2v) is 17.2. The third-order valence-electron chi connectivity index (χ3n) is 8.27. The molecule has 3 N–H and O–H groups in total. The Morgan fingerprint density at radius 3 is 1.47 bits per heavy atom. The van der Waals surface area contributed by atoms with Crippen molar-refractivity contribution in [2.75, 3.05) is 25.6 Å². The maximum absolute atomic E-state index is 13.6. The summed E-state index contributed by atoms with van der Waals surface area (Å²) < 4.78 is 25.5. The van der Waals surface area contributed by atoms with E-state index in [-0.39, 0.29) is 76.7 Å². The monoisotopic (exact) mass is 917 g/mol. The summed E-state index contributed by atoms with van der Waals surface area (Å²) in [7, 11) is 0. The molecule has 0 unspecified atom stereocenters. The summed E-state index contributed by atoms with van der Waals surface area (Å²) in [6.07, 6.45) is -1.52. The van der Waals surface area contributed by atoms with Crippen molar-refractivity contribution in [3.8, 4) is 0 Å². The van der Waals surface area contributed by atoms with Gasteiger partial charge in [-0.1, -0.05) is 68.1 Å². The lowest BCUT2D eigenvalue weighted by atomic mass is 9.92. The van der Waals surface area contributed by atoms with Gasteiger partial charge in [0.2, 0.25) is 5.91 Å². The Hall–Kier alpha value is -5.45. The predicted octanol–water partition coefficient (Wildman–Crippen LogP) is 7.40. The number of benzene rings is 2. The fraction of sp³-hybridized carbons (Fsp3) is 0.574. The molecule has 17 heteroatoms. The number of hydrogen-bond acceptors (Lipinski definition) is 14. The largest absolute Gasteiger partial charge is 0.466 e. The number of ether oxygens (including phenoxy) is 5. The molecule has 0 radical (unpaired) electrons. The molecular weight excluding hydrogens is 847 g/mol. The summed E-state index contributed by atoms with van der Waals surface area (Å²) in [5.41, 5.74) is 0.275. The van der Waals surface area contributed by atoms with Crippen molar-refractivity contribution < 1.29 is 62.0 Å². The number of carbonyl (C=O) groups is 8. The first-order chi connectivity index (χ1) is 29.6. The number of carbonyl (C=O) groups excluding carboxylic acids is 8. The van der Waals surface area contributed by atoms with Crippen molar-refractivity contribution in [3.63, 3.8) is 0 Å². The van der Waals surface area contributed by atoms with Crippen LogP contribution in [-0.4, -0.2) is 102 Å². The van der Waals surface area contributed by atoms with Gasteiger partial charge in [-0.15, -0.1) is 0 Å². The Kier molecular flexibility index (Phi) is 28.0. The van der Waals surface area contributed by atoms with Gasteiger partial charge in [0.15, 0.2) is 5.78 Å². The highest BCUT2D eigenvalue weighted by Crippen LogP contribution is 2.24. The highest BCUT2D eigenvalue weighted by molar-refractivity contribution is 7.98. The average Bonchev–Trinajstić information content (AvgIpc) is 3.19. The minimum atomic E-state index is -1.12. The summed E-state index contributed by atoms with van der Waals surface area (Å²) in [4.78, 5) is 98.6. The molecule has 2 rings (SSSR count). The van der Waals surface area contributed by atoms with E-state index in [0.29, 0.717) is 11.3 Å². The summed E-state index contributed by atoms with van der Waals surface area (Å²) in [6, 6.07) is 15.7. The number of esters is 3. The van der Waals surface area contributed by atoms with E-state index >= 15 is 0 Å². The second-order valence-electron chi connectivity index (χ2n) is 16.2. The topological polar surface area (TPSA) is 219 Å². The Bertz CT molecular complexity index is 1760. The molecule has 16 nitrogen and oxygen atoms in total. The number of rotatable bonds is 23. The number of thioether (sulfide) groups is 1. The van der Waals surface area contributed by atoms with E-state index in [1.54, 1.807) is 86.6 Å². The maximum atomic E-state index is 13.6. The lowest BCUT2D eigenvalue weighted by Gasteiger charge is -2.23. The molecule has 64 heavy (non-hydrogen) atoms. The fourth-order valence-electron chi connectivity index (χ4n) is 5.47. The molecule has 0 aromatic heterocycles. The summed E-state index contributed by atoms with van der Waals surface area (Å²) in [6.45, 7) is 17.2. The number of alkyl carbamates (subject to hydrolysis) is 2. The van der Waals surface area contributed by atoms with Crippen LogP contribution in [0.25, 0.3) is 0 Å². The molecule has 3 amide bonds. The van der Waals surface area contributed by atoms with Gasteiger partial charge in [-0.3, -0.25) is 14.4 Å². The van der Waals surface area contributed by atoms with Crippen LogP contribution < -0.4 is 16.0 Å². The fourth-order valence-corrected chi connectivity index (χ4v) is 6.52. The normalized spacial score (nSPS) is 12.7. The molecular formula is C47H71N3O13S. The maximum Gasteiger partial charge on any atom is 0.408 e. The van der Waals surface area contributed by atoms with Crippen molar-refractivity contribution >= 4 is 59.3 Å². The average molecular weight is 918 g/mol. The van der Waals surface area contributed by atoms with E-state index in [2.05, 4.69) is 16.0 Å². The molecule has 0 aliphatic carbocycles. The van der Waals surface area contributed by atoms with Crippen molar-refractivity contribution in [2.45, 2.75) is 150 Å². The molecule has 2 aromatic rings. The minimum absolute atomic E-state index is 0. The highest BCUT2D eigenvalue weighted by Gasteiger charge is 2.31. The molecule has 0 saturated heterocycles. The van der Waals surface area contributed by atoms with Crippen molar-refractivity contribution in [1.82, 2.24) is 16.0 Å². The van der Waals surface area contributed by atoms with Crippen molar-refractivity contribution in [1.29, 1.82) is 0 Å². The number of Topliss-reactive ketones (excluding diaryl/α,β-unsaturated/α-hetero) is 2. The van der Waals surface area contributed by atoms with E-state index in [9.17, 15) is 38.4 Å². The molecule has 0 spiro atoms. The van der Waals surface area contributed by atoms with E-state index in [4.69, 9.17) is 23.7 Å².